The number of benzene rings is 1. The van der Waals surface area contributed by atoms with Crippen LogP contribution in [-0.2, 0) is 6.54 Å². The highest BCUT2D eigenvalue weighted by atomic mass is 16.5. The van der Waals surface area contributed by atoms with Crippen molar-refractivity contribution in [1.29, 1.82) is 0 Å². The van der Waals surface area contributed by atoms with Gasteiger partial charge in [-0.3, -0.25) is 14.8 Å². The number of aromatic amines is 1. The van der Waals surface area contributed by atoms with Crippen LogP contribution >= 0.6 is 0 Å². The van der Waals surface area contributed by atoms with Crippen molar-refractivity contribution in [2.75, 3.05) is 13.1 Å². The Morgan fingerprint density at radius 2 is 1.85 bits per heavy atom. The molecule has 1 aliphatic rings. The number of ether oxygens (including phenoxy) is 1. The quantitative estimate of drug-likeness (QED) is 0.750. The maximum absolute atomic E-state index is 12.5. The van der Waals surface area contributed by atoms with Gasteiger partial charge in [-0.15, -0.1) is 0 Å². The molecule has 1 aliphatic heterocycles. The van der Waals surface area contributed by atoms with Crippen LogP contribution in [0.4, 0.5) is 0 Å². The number of fused-ring (bicyclic) bond motifs is 1. The summed E-state index contributed by atoms with van der Waals surface area (Å²) in [6.07, 6.45) is 3.84. The van der Waals surface area contributed by atoms with Crippen molar-refractivity contribution >= 4 is 5.78 Å². The minimum Gasteiger partial charge on any atom is -0.491 e. The molecular formula is C20H25N5O2. The van der Waals surface area contributed by atoms with E-state index in [0.717, 1.165) is 30.1 Å². The first-order chi connectivity index (χ1) is 13.1. The molecule has 1 N–H and O–H groups in total. The zero-order chi connectivity index (χ0) is 18.8. The molecule has 0 aliphatic carbocycles. The minimum atomic E-state index is -0.134. The van der Waals surface area contributed by atoms with Crippen molar-refractivity contribution in [3.63, 3.8) is 0 Å². The fourth-order valence-corrected chi connectivity index (χ4v) is 3.45. The van der Waals surface area contributed by atoms with E-state index in [-0.39, 0.29) is 11.7 Å². The van der Waals surface area contributed by atoms with Crippen molar-refractivity contribution in [3.8, 4) is 17.1 Å². The van der Waals surface area contributed by atoms with Crippen molar-refractivity contribution in [1.82, 2.24) is 24.5 Å². The van der Waals surface area contributed by atoms with E-state index in [1.54, 1.807) is 6.07 Å². The molecule has 0 radical (unpaired) electrons. The summed E-state index contributed by atoms with van der Waals surface area (Å²) >= 11 is 0. The van der Waals surface area contributed by atoms with E-state index in [0.29, 0.717) is 18.1 Å². The van der Waals surface area contributed by atoms with Gasteiger partial charge < -0.3 is 4.74 Å². The monoisotopic (exact) mass is 367 g/mol. The number of nitrogens with zero attached hydrogens (tertiary/aromatic N) is 4. The molecule has 3 heterocycles. The Bertz CT molecular complexity index is 968. The minimum absolute atomic E-state index is 0.128. The van der Waals surface area contributed by atoms with Gasteiger partial charge in [0.2, 0.25) is 0 Å². The maximum Gasteiger partial charge on any atom is 0.274 e. The van der Waals surface area contributed by atoms with Crippen LogP contribution < -0.4 is 10.3 Å². The average molecular weight is 367 g/mol. The number of likely N-dealkylation sites (tertiary alicyclic amines) is 1. The lowest BCUT2D eigenvalue weighted by molar-refractivity contribution is 0.218. The number of hydrogen-bond donors (Lipinski definition) is 1. The summed E-state index contributed by atoms with van der Waals surface area (Å²) in [6, 6.07) is 9.26. The lowest BCUT2D eigenvalue weighted by atomic mass is 10.1. The van der Waals surface area contributed by atoms with Gasteiger partial charge in [0.1, 0.15) is 5.75 Å². The summed E-state index contributed by atoms with van der Waals surface area (Å²) in [5.41, 5.74) is 1.53. The van der Waals surface area contributed by atoms with Gasteiger partial charge in [-0.2, -0.15) is 9.50 Å². The second-order valence-electron chi connectivity index (χ2n) is 7.32. The summed E-state index contributed by atoms with van der Waals surface area (Å²) in [5.74, 6) is 1.84. The molecule has 0 spiro atoms. The van der Waals surface area contributed by atoms with Crippen LogP contribution in [0.15, 0.2) is 35.1 Å². The van der Waals surface area contributed by atoms with Crippen molar-refractivity contribution < 1.29 is 4.74 Å². The molecule has 0 unspecified atom stereocenters. The van der Waals surface area contributed by atoms with Crippen molar-refractivity contribution in [3.05, 3.63) is 46.4 Å². The first-order valence-corrected chi connectivity index (χ1v) is 9.56. The van der Waals surface area contributed by atoms with E-state index in [2.05, 4.69) is 20.0 Å². The summed E-state index contributed by atoms with van der Waals surface area (Å²) < 4.78 is 7.06. The predicted octanol–water partition coefficient (Wildman–Crippen LogP) is 2.86. The molecule has 1 saturated heterocycles. The Morgan fingerprint density at radius 3 is 2.56 bits per heavy atom. The Kier molecular flexibility index (Phi) is 4.94. The van der Waals surface area contributed by atoms with E-state index >= 15 is 0 Å². The number of hydrogen-bond acceptors (Lipinski definition) is 5. The largest absolute Gasteiger partial charge is 0.491 e. The van der Waals surface area contributed by atoms with Crippen LogP contribution in [0.2, 0.25) is 0 Å². The Hall–Kier alpha value is -2.67. The molecule has 4 rings (SSSR count). The molecule has 0 amide bonds. The number of aromatic nitrogens is 4. The number of nitrogens with one attached hydrogen (secondary N) is 1. The van der Waals surface area contributed by atoms with Gasteiger partial charge in [0.25, 0.3) is 11.3 Å². The van der Waals surface area contributed by atoms with Crippen LogP contribution in [0, 0.1) is 0 Å². The third-order valence-electron chi connectivity index (χ3n) is 4.72. The lowest BCUT2D eigenvalue weighted by Crippen LogP contribution is -2.30. The fourth-order valence-electron chi connectivity index (χ4n) is 3.45. The van der Waals surface area contributed by atoms with Gasteiger partial charge in [0.15, 0.2) is 5.82 Å². The fraction of sp³-hybridized carbons (Fsp3) is 0.450. The van der Waals surface area contributed by atoms with Crippen LogP contribution in [0.3, 0.4) is 0 Å². The van der Waals surface area contributed by atoms with E-state index in [4.69, 9.17) is 4.74 Å². The number of rotatable bonds is 5. The first-order valence-electron chi connectivity index (χ1n) is 9.56. The normalized spacial score (nSPS) is 15.5. The van der Waals surface area contributed by atoms with Crippen molar-refractivity contribution in [2.24, 2.45) is 0 Å². The van der Waals surface area contributed by atoms with Crippen LogP contribution in [-0.4, -0.2) is 43.7 Å². The Labute approximate surface area is 158 Å². The highest BCUT2D eigenvalue weighted by Crippen LogP contribution is 2.20. The second kappa shape index (κ2) is 7.52. The molecule has 1 aromatic carbocycles. The predicted molar refractivity (Wildman–Crippen MR) is 104 cm³/mol. The third-order valence-corrected chi connectivity index (χ3v) is 4.72. The highest BCUT2D eigenvalue weighted by Gasteiger charge is 2.14. The topological polar surface area (TPSA) is 75.5 Å². The summed E-state index contributed by atoms with van der Waals surface area (Å²) in [7, 11) is 0. The highest BCUT2D eigenvalue weighted by molar-refractivity contribution is 5.58. The molecule has 27 heavy (non-hydrogen) atoms. The second-order valence-corrected chi connectivity index (χ2v) is 7.32. The van der Waals surface area contributed by atoms with Gasteiger partial charge in [-0.25, -0.2) is 4.98 Å². The molecule has 0 bridgehead atoms. The van der Waals surface area contributed by atoms with Gasteiger partial charge in [-0.1, -0.05) is 6.42 Å². The molecule has 0 saturated carbocycles. The maximum atomic E-state index is 12.5. The van der Waals surface area contributed by atoms with Gasteiger partial charge in [-0.05, 0) is 64.0 Å². The standard InChI is InChI=1S/C20H25N5O2/c1-14(2)27-17-8-6-15(7-9-17)19-22-20-21-16(12-18(26)25(20)23-19)13-24-10-4-3-5-11-24/h6-9,12,14H,3-5,10-11,13H2,1-2H3,(H,21,22,23). The summed E-state index contributed by atoms with van der Waals surface area (Å²) in [5, 5.41) is 3.05. The molecule has 1 fully saturated rings. The van der Waals surface area contributed by atoms with Gasteiger partial charge in [0, 0.05) is 18.2 Å². The zero-order valence-corrected chi connectivity index (χ0v) is 15.8. The summed E-state index contributed by atoms with van der Waals surface area (Å²) in [6.45, 7) is 6.82. The molecular weight excluding hydrogens is 342 g/mol. The smallest absolute Gasteiger partial charge is 0.274 e. The Balaban J connectivity index is 1.59. The average Bonchev–Trinajstić information content (AvgIpc) is 3.07. The van der Waals surface area contributed by atoms with Gasteiger partial charge >= 0.3 is 0 Å². The number of H-pyrrole nitrogens is 1. The lowest BCUT2D eigenvalue weighted by Gasteiger charge is -2.25. The SMILES string of the molecule is CC(C)Oc1ccc(-c2nc3nc(CN4CCCCC4)cc(=O)n3[nH]2)cc1. The van der Waals surface area contributed by atoms with E-state index in [1.807, 2.05) is 38.1 Å². The van der Waals surface area contributed by atoms with E-state index < -0.39 is 0 Å². The molecule has 7 nitrogen and oxygen atoms in total. The van der Waals surface area contributed by atoms with Crippen molar-refractivity contribution in [2.45, 2.75) is 45.8 Å². The molecule has 142 valence electrons. The third kappa shape index (κ3) is 4.03. The van der Waals surface area contributed by atoms with Crippen LogP contribution in [0.25, 0.3) is 17.2 Å². The van der Waals surface area contributed by atoms with Crippen LogP contribution in [0.1, 0.15) is 38.8 Å². The molecule has 7 heteroatoms. The molecule has 0 atom stereocenters. The zero-order valence-electron chi connectivity index (χ0n) is 15.8. The van der Waals surface area contributed by atoms with Gasteiger partial charge in [0.05, 0.1) is 11.8 Å². The van der Waals surface area contributed by atoms with E-state index in [9.17, 15) is 4.79 Å². The molecule has 2 aromatic heterocycles. The van der Waals surface area contributed by atoms with Crippen LogP contribution in [0.5, 0.6) is 5.75 Å². The van der Waals surface area contributed by atoms with E-state index in [1.165, 1.54) is 23.8 Å². The number of piperidine rings is 1. The molecule has 3 aromatic rings. The Morgan fingerprint density at radius 1 is 1.11 bits per heavy atom. The first kappa shape index (κ1) is 17.7. The summed E-state index contributed by atoms with van der Waals surface area (Å²) in [4.78, 5) is 23.9.